The average Bonchev–Trinajstić information content (AvgIpc) is 3.35. The molecule has 2 amide bonds. The molecule has 0 bridgehead atoms. The number of aromatic nitrogens is 4. The molecule has 0 radical (unpaired) electrons. The Morgan fingerprint density at radius 1 is 1.31 bits per heavy atom. The normalized spacial score (nSPS) is 18.8. The summed E-state index contributed by atoms with van der Waals surface area (Å²) in [6.07, 6.45) is 8.10. The highest BCUT2D eigenvalue weighted by molar-refractivity contribution is 5.94. The zero-order chi connectivity index (χ0) is 18.1. The van der Waals surface area contributed by atoms with Crippen molar-refractivity contribution in [3.05, 3.63) is 40.7 Å². The summed E-state index contributed by atoms with van der Waals surface area (Å²) in [6, 6.07) is -0.0963. The topological polar surface area (TPSA) is 104 Å². The highest BCUT2D eigenvalue weighted by Crippen LogP contribution is 2.33. The van der Waals surface area contributed by atoms with Gasteiger partial charge in [-0.3, -0.25) is 24.7 Å². The Hall–Kier alpha value is -2.77. The molecule has 2 N–H and O–H groups in total. The number of nitrogens with one attached hydrogen (secondary N) is 2. The zero-order valence-corrected chi connectivity index (χ0v) is 14.8. The van der Waals surface area contributed by atoms with Crippen molar-refractivity contribution in [2.75, 3.05) is 6.54 Å². The minimum Gasteiger partial charge on any atom is -0.351 e. The molecule has 0 saturated carbocycles. The summed E-state index contributed by atoms with van der Waals surface area (Å²) in [4.78, 5) is 34.9. The highest BCUT2D eigenvalue weighted by atomic mass is 16.2. The molecule has 136 valence electrons. The van der Waals surface area contributed by atoms with Crippen LogP contribution in [0.2, 0.25) is 0 Å². The number of hydrogen-bond acceptors (Lipinski definition) is 5. The Bertz CT molecular complexity index is 846. The molecule has 8 heteroatoms. The van der Waals surface area contributed by atoms with Crippen LogP contribution in [-0.2, 0) is 24.2 Å². The van der Waals surface area contributed by atoms with Gasteiger partial charge in [0.15, 0.2) is 5.69 Å². The second-order valence-corrected chi connectivity index (χ2v) is 6.88. The van der Waals surface area contributed by atoms with E-state index in [1.807, 2.05) is 4.90 Å². The van der Waals surface area contributed by atoms with Crippen LogP contribution < -0.4 is 5.32 Å². The molecule has 0 aromatic carbocycles. The van der Waals surface area contributed by atoms with Crippen molar-refractivity contribution >= 4 is 11.8 Å². The van der Waals surface area contributed by atoms with Gasteiger partial charge in [0.25, 0.3) is 5.91 Å². The fourth-order valence-electron chi connectivity index (χ4n) is 3.83. The van der Waals surface area contributed by atoms with Crippen molar-refractivity contribution < 1.29 is 9.59 Å². The first kappa shape index (κ1) is 16.7. The van der Waals surface area contributed by atoms with Crippen LogP contribution in [0.3, 0.4) is 0 Å². The van der Waals surface area contributed by atoms with Crippen LogP contribution in [0.15, 0.2) is 12.4 Å². The number of carbonyl (C=O) groups excluding carboxylic acids is 2. The summed E-state index contributed by atoms with van der Waals surface area (Å²) in [5.74, 6) is -0.136. The van der Waals surface area contributed by atoms with E-state index in [9.17, 15) is 9.59 Å². The van der Waals surface area contributed by atoms with E-state index < -0.39 is 0 Å². The van der Waals surface area contributed by atoms with Crippen molar-refractivity contribution in [1.82, 2.24) is 30.4 Å². The van der Waals surface area contributed by atoms with Crippen molar-refractivity contribution in [3.8, 4) is 0 Å². The Morgan fingerprint density at radius 3 is 3.04 bits per heavy atom. The lowest BCUT2D eigenvalue weighted by atomic mass is 10.1. The van der Waals surface area contributed by atoms with E-state index in [4.69, 9.17) is 0 Å². The minimum absolute atomic E-state index is 0.0269. The maximum Gasteiger partial charge on any atom is 0.275 e. The smallest absolute Gasteiger partial charge is 0.275 e. The van der Waals surface area contributed by atoms with E-state index in [2.05, 4.69) is 25.5 Å². The summed E-state index contributed by atoms with van der Waals surface area (Å²) < 4.78 is 0. The number of fused-ring (bicyclic) bond motifs is 1. The number of likely N-dealkylation sites (tertiary alicyclic amines) is 1. The standard InChI is InChI=1S/C18H22N6O2/c1-11(25)20-9-12-8-19-10-15(21-12)16-6-3-7-24(16)18(26)17-13-4-2-5-14(13)22-23-17/h8,10,16H,2-7,9H2,1H3,(H,20,25)(H,22,23)/t16-/m1/s1. The van der Waals surface area contributed by atoms with Gasteiger partial charge in [0, 0.05) is 24.7 Å². The van der Waals surface area contributed by atoms with E-state index in [0.717, 1.165) is 49.1 Å². The summed E-state index contributed by atoms with van der Waals surface area (Å²) in [5, 5.41) is 10.0. The van der Waals surface area contributed by atoms with E-state index in [-0.39, 0.29) is 17.9 Å². The van der Waals surface area contributed by atoms with Gasteiger partial charge < -0.3 is 10.2 Å². The van der Waals surface area contributed by atoms with Gasteiger partial charge in [-0.15, -0.1) is 0 Å². The fraction of sp³-hybridized carbons (Fsp3) is 0.500. The lowest BCUT2D eigenvalue weighted by molar-refractivity contribution is -0.119. The molecular formula is C18H22N6O2. The number of hydrogen-bond donors (Lipinski definition) is 2. The molecule has 1 aliphatic carbocycles. The van der Waals surface area contributed by atoms with Crippen molar-refractivity contribution in [2.24, 2.45) is 0 Å². The molecule has 26 heavy (non-hydrogen) atoms. The number of aryl methyl sites for hydroxylation is 1. The number of amides is 2. The van der Waals surface area contributed by atoms with Gasteiger partial charge in [-0.2, -0.15) is 5.10 Å². The summed E-state index contributed by atoms with van der Waals surface area (Å²) in [5.41, 5.74) is 4.20. The van der Waals surface area contributed by atoms with Crippen LogP contribution in [-0.4, -0.2) is 43.4 Å². The largest absolute Gasteiger partial charge is 0.351 e. The van der Waals surface area contributed by atoms with Gasteiger partial charge in [-0.25, -0.2) is 0 Å². The first-order chi connectivity index (χ1) is 12.6. The molecule has 0 spiro atoms. The molecule has 1 fully saturated rings. The maximum atomic E-state index is 13.1. The van der Waals surface area contributed by atoms with E-state index in [0.29, 0.717) is 24.5 Å². The van der Waals surface area contributed by atoms with E-state index >= 15 is 0 Å². The van der Waals surface area contributed by atoms with Crippen LogP contribution >= 0.6 is 0 Å². The molecule has 8 nitrogen and oxygen atoms in total. The van der Waals surface area contributed by atoms with Crippen LogP contribution in [0.5, 0.6) is 0 Å². The molecular weight excluding hydrogens is 332 g/mol. The second kappa shape index (κ2) is 6.86. The minimum atomic E-state index is -0.109. The molecule has 2 aromatic rings. The summed E-state index contributed by atoms with van der Waals surface area (Å²) in [7, 11) is 0. The van der Waals surface area contributed by atoms with Crippen molar-refractivity contribution in [1.29, 1.82) is 0 Å². The van der Waals surface area contributed by atoms with Crippen molar-refractivity contribution in [3.63, 3.8) is 0 Å². The van der Waals surface area contributed by atoms with Gasteiger partial charge in [-0.05, 0) is 32.1 Å². The van der Waals surface area contributed by atoms with Crippen molar-refractivity contribution in [2.45, 2.75) is 51.6 Å². The molecule has 1 saturated heterocycles. The number of H-pyrrole nitrogens is 1. The van der Waals surface area contributed by atoms with Crippen LogP contribution in [0.4, 0.5) is 0 Å². The molecule has 0 unspecified atom stereocenters. The third-order valence-corrected chi connectivity index (χ3v) is 5.09. The first-order valence-electron chi connectivity index (χ1n) is 9.06. The van der Waals surface area contributed by atoms with Gasteiger partial charge in [0.1, 0.15) is 0 Å². The third-order valence-electron chi connectivity index (χ3n) is 5.09. The third kappa shape index (κ3) is 3.07. The monoisotopic (exact) mass is 354 g/mol. The van der Waals surface area contributed by atoms with Crippen LogP contribution in [0.25, 0.3) is 0 Å². The molecule has 2 aliphatic rings. The number of rotatable bonds is 4. The highest BCUT2D eigenvalue weighted by Gasteiger charge is 2.35. The second-order valence-electron chi connectivity index (χ2n) is 6.88. The van der Waals surface area contributed by atoms with Gasteiger partial charge in [0.05, 0.1) is 36.4 Å². The Morgan fingerprint density at radius 2 is 2.19 bits per heavy atom. The Kier molecular flexibility index (Phi) is 4.40. The molecule has 3 heterocycles. The fourth-order valence-corrected chi connectivity index (χ4v) is 3.83. The van der Waals surface area contributed by atoms with Gasteiger partial charge in [-0.1, -0.05) is 0 Å². The van der Waals surface area contributed by atoms with Gasteiger partial charge >= 0.3 is 0 Å². The first-order valence-corrected chi connectivity index (χ1v) is 9.06. The quantitative estimate of drug-likeness (QED) is 0.861. The predicted molar refractivity (Wildman–Crippen MR) is 93.2 cm³/mol. The lowest BCUT2D eigenvalue weighted by Crippen LogP contribution is -2.32. The average molecular weight is 354 g/mol. The molecule has 4 rings (SSSR count). The van der Waals surface area contributed by atoms with Crippen LogP contribution in [0.1, 0.15) is 65.4 Å². The van der Waals surface area contributed by atoms with E-state index in [1.165, 1.54) is 6.92 Å². The zero-order valence-electron chi connectivity index (χ0n) is 14.8. The van der Waals surface area contributed by atoms with Gasteiger partial charge in [0.2, 0.25) is 5.91 Å². The van der Waals surface area contributed by atoms with E-state index in [1.54, 1.807) is 12.4 Å². The maximum absolute atomic E-state index is 13.1. The number of nitrogens with zero attached hydrogens (tertiary/aromatic N) is 4. The Labute approximate surface area is 151 Å². The summed E-state index contributed by atoms with van der Waals surface area (Å²) in [6.45, 7) is 2.50. The SMILES string of the molecule is CC(=O)NCc1cncc([C@H]2CCCN2C(=O)c2n[nH]c3c2CCC3)n1. The molecule has 2 aromatic heterocycles. The molecule has 1 aliphatic heterocycles. The lowest BCUT2D eigenvalue weighted by Gasteiger charge is -2.24. The summed E-state index contributed by atoms with van der Waals surface area (Å²) >= 11 is 0. The predicted octanol–water partition coefficient (Wildman–Crippen LogP) is 1.30. The Balaban J connectivity index is 1.55. The number of aromatic amines is 1. The number of carbonyl (C=O) groups is 2. The molecule has 1 atom stereocenters. The van der Waals surface area contributed by atoms with Crippen LogP contribution in [0, 0.1) is 0 Å².